The van der Waals surface area contributed by atoms with Gasteiger partial charge in [-0.2, -0.15) is 0 Å². The lowest BCUT2D eigenvalue weighted by Crippen LogP contribution is -1.91. The highest BCUT2D eigenvalue weighted by atomic mass is 16.5. The molecule has 0 unspecified atom stereocenters. The third kappa shape index (κ3) is 6.26. The van der Waals surface area contributed by atoms with E-state index in [0.717, 1.165) is 5.75 Å². The van der Waals surface area contributed by atoms with Crippen LogP contribution in [0.2, 0.25) is 0 Å². The molecule has 1 rings (SSSR count). The maximum absolute atomic E-state index is 5.51. The summed E-state index contributed by atoms with van der Waals surface area (Å²) >= 11 is 0. The standard InChI is InChI=1S/C18H18O2/c1-5-6-10-15(2)19-16(3)13-14-17(4)20-18-11-8-7-9-12-18/h5-14H,1-4H2/b10-6-,14-13-. The van der Waals surface area contributed by atoms with Crippen molar-refractivity contribution in [2.24, 2.45) is 0 Å². The summed E-state index contributed by atoms with van der Waals surface area (Å²) in [5.74, 6) is 2.15. The number of ether oxygens (including phenoxy) is 2. The molecule has 2 nitrogen and oxygen atoms in total. The zero-order valence-corrected chi connectivity index (χ0v) is 11.4. The fourth-order valence-corrected chi connectivity index (χ4v) is 1.27. The first-order valence-electron chi connectivity index (χ1n) is 6.06. The molecule has 2 heteroatoms. The van der Waals surface area contributed by atoms with Crippen molar-refractivity contribution >= 4 is 0 Å². The van der Waals surface area contributed by atoms with Crippen molar-refractivity contribution < 1.29 is 9.47 Å². The summed E-state index contributed by atoms with van der Waals surface area (Å²) in [6.45, 7) is 14.8. The van der Waals surface area contributed by atoms with Gasteiger partial charge in [-0.05, 0) is 30.4 Å². The molecular formula is C18H18O2. The highest BCUT2D eigenvalue weighted by Gasteiger charge is 1.95. The van der Waals surface area contributed by atoms with E-state index in [2.05, 4.69) is 26.3 Å². The van der Waals surface area contributed by atoms with E-state index in [4.69, 9.17) is 9.47 Å². The zero-order chi connectivity index (χ0) is 14.8. The number of benzene rings is 1. The molecule has 0 amide bonds. The van der Waals surface area contributed by atoms with Crippen molar-refractivity contribution in [1.29, 1.82) is 0 Å². The summed E-state index contributed by atoms with van der Waals surface area (Å²) in [5, 5.41) is 0. The van der Waals surface area contributed by atoms with E-state index in [1.54, 1.807) is 30.4 Å². The molecule has 20 heavy (non-hydrogen) atoms. The molecule has 0 spiro atoms. The van der Waals surface area contributed by atoms with Gasteiger partial charge in [0.15, 0.2) is 0 Å². The summed E-state index contributed by atoms with van der Waals surface area (Å²) in [4.78, 5) is 0. The molecule has 0 bridgehead atoms. The van der Waals surface area contributed by atoms with Crippen molar-refractivity contribution in [3.05, 3.63) is 104 Å². The SMILES string of the molecule is C=C/C=C\C(=C)OC(=C)/C=C\C(=C)Oc1ccccc1. The predicted octanol–water partition coefficient (Wildman–Crippen LogP) is 4.92. The topological polar surface area (TPSA) is 18.5 Å². The molecular weight excluding hydrogens is 248 g/mol. The Kier molecular flexibility index (Phi) is 6.42. The van der Waals surface area contributed by atoms with Crippen LogP contribution >= 0.6 is 0 Å². The Balaban J connectivity index is 2.45. The van der Waals surface area contributed by atoms with E-state index >= 15 is 0 Å². The molecule has 0 aliphatic heterocycles. The summed E-state index contributed by atoms with van der Waals surface area (Å²) in [7, 11) is 0. The van der Waals surface area contributed by atoms with Gasteiger partial charge < -0.3 is 9.47 Å². The molecule has 0 radical (unpaired) electrons. The van der Waals surface area contributed by atoms with Crippen molar-refractivity contribution in [2.45, 2.75) is 0 Å². The van der Waals surface area contributed by atoms with E-state index in [0.29, 0.717) is 17.3 Å². The Morgan fingerprint density at radius 3 is 2.10 bits per heavy atom. The molecule has 1 aromatic carbocycles. The predicted molar refractivity (Wildman–Crippen MR) is 84.1 cm³/mol. The maximum atomic E-state index is 5.51. The van der Waals surface area contributed by atoms with Gasteiger partial charge in [0.25, 0.3) is 0 Å². The van der Waals surface area contributed by atoms with Crippen molar-refractivity contribution in [2.75, 3.05) is 0 Å². The Bertz CT molecular complexity index is 548. The molecule has 102 valence electrons. The van der Waals surface area contributed by atoms with Crippen LogP contribution in [0.15, 0.2) is 104 Å². The van der Waals surface area contributed by atoms with E-state index < -0.39 is 0 Å². The van der Waals surface area contributed by atoms with Crippen LogP contribution in [0.5, 0.6) is 5.75 Å². The van der Waals surface area contributed by atoms with Gasteiger partial charge >= 0.3 is 0 Å². The molecule has 0 saturated carbocycles. The van der Waals surface area contributed by atoms with Crippen molar-refractivity contribution in [3.8, 4) is 5.75 Å². The van der Waals surface area contributed by atoms with E-state index in [1.165, 1.54) is 0 Å². The molecule has 0 N–H and O–H groups in total. The second kappa shape index (κ2) is 8.38. The zero-order valence-electron chi connectivity index (χ0n) is 11.4. The van der Waals surface area contributed by atoms with Crippen LogP contribution in [-0.2, 0) is 4.74 Å². The van der Waals surface area contributed by atoms with Crippen LogP contribution in [0.1, 0.15) is 0 Å². The highest BCUT2D eigenvalue weighted by Crippen LogP contribution is 2.13. The van der Waals surface area contributed by atoms with Crippen LogP contribution in [0.25, 0.3) is 0 Å². The number of allylic oxidation sites excluding steroid dienone is 5. The first-order valence-corrected chi connectivity index (χ1v) is 6.06. The van der Waals surface area contributed by atoms with E-state index in [-0.39, 0.29) is 0 Å². The molecule has 0 aliphatic carbocycles. The fourth-order valence-electron chi connectivity index (χ4n) is 1.27. The number of hydrogen-bond donors (Lipinski definition) is 0. The van der Waals surface area contributed by atoms with Gasteiger partial charge in [0.2, 0.25) is 0 Å². The Hall–Kier alpha value is -2.74. The minimum atomic E-state index is 0.446. The monoisotopic (exact) mass is 266 g/mol. The lowest BCUT2D eigenvalue weighted by atomic mass is 10.3. The van der Waals surface area contributed by atoms with Gasteiger partial charge in [0, 0.05) is 0 Å². The molecule has 1 aromatic rings. The summed E-state index contributed by atoms with van der Waals surface area (Å²) in [6.07, 6.45) is 8.42. The van der Waals surface area contributed by atoms with Crippen LogP contribution in [0.4, 0.5) is 0 Å². The molecule has 0 aliphatic rings. The average Bonchev–Trinajstić information content (AvgIpc) is 2.44. The third-order valence-electron chi connectivity index (χ3n) is 2.13. The maximum Gasteiger partial charge on any atom is 0.127 e. The molecule has 0 heterocycles. The van der Waals surface area contributed by atoms with Crippen LogP contribution < -0.4 is 4.74 Å². The van der Waals surface area contributed by atoms with Crippen molar-refractivity contribution in [1.82, 2.24) is 0 Å². The lowest BCUT2D eigenvalue weighted by Gasteiger charge is -2.06. The Labute approximate surface area is 120 Å². The highest BCUT2D eigenvalue weighted by molar-refractivity contribution is 5.27. The van der Waals surface area contributed by atoms with E-state index in [9.17, 15) is 0 Å². The minimum Gasteiger partial charge on any atom is -0.459 e. The van der Waals surface area contributed by atoms with Gasteiger partial charge in [-0.1, -0.05) is 56.7 Å². The quantitative estimate of drug-likeness (QED) is 0.491. The summed E-state index contributed by atoms with van der Waals surface area (Å²) < 4.78 is 10.9. The van der Waals surface area contributed by atoms with E-state index in [1.807, 2.05) is 30.3 Å². The second-order valence-corrected chi connectivity index (χ2v) is 3.84. The smallest absolute Gasteiger partial charge is 0.127 e. The average molecular weight is 266 g/mol. The first kappa shape index (κ1) is 15.3. The molecule has 0 saturated heterocycles. The largest absolute Gasteiger partial charge is 0.459 e. The van der Waals surface area contributed by atoms with Gasteiger partial charge in [-0.15, -0.1) is 0 Å². The van der Waals surface area contributed by atoms with Gasteiger partial charge in [-0.25, -0.2) is 0 Å². The van der Waals surface area contributed by atoms with Crippen LogP contribution in [0, 0.1) is 0 Å². The Morgan fingerprint density at radius 1 is 0.850 bits per heavy atom. The number of para-hydroxylation sites is 1. The normalized spacial score (nSPS) is 10.4. The Morgan fingerprint density at radius 2 is 1.45 bits per heavy atom. The van der Waals surface area contributed by atoms with Crippen LogP contribution in [-0.4, -0.2) is 0 Å². The van der Waals surface area contributed by atoms with Gasteiger partial charge in [-0.3, -0.25) is 0 Å². The fraction of sp³-hybridized carbons (Fsp3) is 0. The minimum absolute atomic E-state index is 0.446. The molecule has 0 aromatic heterocycles. The van der Waals surface area contributed by atoms with Gasteiger partial charge in [0.05, 0.1) is 0 Å². The van der Waals surface area contributed by atoms with Crippen molar-refractivity contribution in [3.63, 3.8) is 0 Å². The number of rotatable bonds is 8. The summed E-state index contributed by atoms with van der Waals surface area (Å²) in [5.41, 5.74) is 0. The molecule has 0 fully saturated rings. The van der Waals surface area contributed by atoms with Crippen LogP contribution in [0.3, 0.4) is 0 Å². The van der Waals surface area contributed by atoms with Gasteiger partial charge in [0.1, 0.15) is 23.0 Å². The first-order chi connectivity index (χ1) is 9.61. The lowest BCUT2D eigenvalue weighted by molar-refractivity contribution is 0.339. The number of hydrogen-bond acceptors (Lipinski definition) is 2. The second-order valence-electron chi connectivity index (χ2n) is 3.84. The third-order valence-corrected chi connectivity index (χ3v) is 2.13. The summed E-state index contributed by atoms with van der Waals surface area (Å²) in [6, 6.07) is 9.41. The molecule has 0 atom stereocenters.